The van der Waals surface area contributed by atoms with Gasteiger partial charge < -0.3 is 0 Å². The highest BCUT2D eigenvalue weighted by Crippen LogP contribution is 2.27. The molecular weight excluding hydrogens is 531 g/mol. The zero-order chi connectivity index (χ0) is 25.1. The first-order valence-corrected chi connectivity index (χ1v) is 13.9. The van der Waals surface area contributed by atoms with Gasteiger partial charge in [0.15, 0.2) is 0 Å². The molecule has 182 valence electrons. The van der Waals surface area contributed by atoms with E-state index in [9.17, 15) is 4.79 Å². The molecule has 0 fully saturated rings. The first kappa shape index (κ1) is 24.8. The number of aliphatic imine (C=N–C) groups is 1. The fraction of sp³-hybridized carbons (Fsp3) is 0.148. The van der Waals surface area contributed by atoms with E-state index < -0.39 is 0 Å². The Labute approximate surface area is 226 Å². The predicted molar refractivity (Wildman–Crippen MR) is 153 cm³/mol. The Hall–Kier alpha value is -2.84. The van der Waals surface area contributed by atoms with Gasteiger partial charge in [0.25, 0.3) is 5.56 Å². The fourth-order valence-electron chi connectivity index (χ4n) is 3.81. The van der Waals surface area contributed by atoms with E-state index in [1.807, 2.05) is 79.7 Å². The van der Waals surface area contributed by atoms with Crippen LogP contribution < -0.4 is 5.56 Å². The molecule has 5 aromatic rings. The summed E-state index contributed by atoms with van der Waals surface area (Å²) in [4.78, 5) is 24.4. The van der Waals surface area contributed by atoms with Crippen molar-refractivity contribution < 1.29 is 0 Å². The molecule has 0 aliphatic rings. The minimum atomic E-state index is -0.141. The quantitative estimate of drug-likeness (QED) is 0.158. The Morgan fingerprint density at radius 3 is 2.42 bits per heavy atom. The molecular formula is C27H22Cl2N4OS2. The summed E-state index contributed by atoms with van der Waals surface area (Å²) < 4.78 is 2.57. The maximum absolute atomic E-state index is 13.8. The van der Waals surface area contributed by atoms with Gasteiger partial charge in [0.05, 0.1) is 28.0 Å². The summed E-state index contributed by atoms with van der Waals surface area (Å²) in [5.41, 5.74) is 3.94. The Morgan fingerprint density at radius 2 is 1.72 bits per heavy atom. The number of aromatic nitrogens is 3. The lowest BCUT2D eigenvalue weighted by molar-refractivity contribution is 0.827. The molecule has 9 heteroatoms. The molecule has 2 heterocycles. The van der Waals surface area contributed by atoms with Gasteiger partial charge in [-0.15, -0.1) is 11.8 Å². The first-order valence-electron chi connectivity index (χ1n) is 11.4. The van der Waals surface area contributed by atoms with Crippen LogP contribution in [-0.2, 0) is 12.3 Å². The van der Waals surface area contributed by atoms with Gasteiger partial charge in [-0.25, -0.2) is 4.98 Å². The van der Waals surface area contributed by atoms with Crippen molar-refractivity contribution >= 4 is 62.2 Å². The topological polar surface area (TPSA) is 63.0 Å². The van der Waals surface area contributed by atoms with E-state index in [-0.39, 0.29) is 5.56 Å². The Balaban J connectivity index is 1.54. The average Bonchev–Trinajstić information content (AvgIpc) is 3.46. The second-order valence-electron chi connectivity index (χ2n) is 8.06. The third kappa shape index (κ3) is 5.44. The van der Waals surface area contributed by atoms with E-state index in [1.54, 1.807) is 16.4 Å². The van der Waals surface area contributed by atoms with E-state index >= 15 is 0 Å². The molecule has 0 amide bonds. The molecule has 0 spiro atoms. The van der Waals surface area contributed by atoms with Crippen molar-refractivity contribution in [2.75, 3.05) is 0 Å². The lowest BCUT2D eigenvalue weighted by Crippen LogP contribution is -2.20. The standard InChI is InChI=1S/C27H22Cl2N4OS2/c1-2-21(30-15-17-7-9-18(28)10-8-17)25-23(16-35-20-13-11-19(29)12-14-20)32-33(26(25)34)27-31-22-5-3-4-6-24(22)36-27/h3-14,32H,2,15-16H2,1H3. The lowest BCUT2D eigenvalue weighted by atomic mass is 10.1. The number of aromatic amines is 1. The SMILES string of the molecule is CCC(=NCc1ccc(Cl)cc1)c1c(CSc2ccc(Cl)cc2)[nH]n(-c2nc3ccccc3s2)c1=O. The van der Waals surface area contributed by atoms with E-state index in [1.165, 1.54) is 11.3 Å². The number of nitrogens with one attached hydrogen (secondary N) is 1. The van der Waals surface area contributed by atoms with Gasteiger partial charge in [-0.1, -0.05) is 65.7 Å². The molecule has 36 heavy (non-hydrogen) atoms. The zero-order valence-electron chi connectivity index (χ0n) is 19.4. The number of fused-ring (bicyclic) bond motifs is 1. The molecule has 0 atom stereocenters. The van der Waals surface area contributed by atoms with Crippen LogP contribution in [0.4, 0.5) is 0 Å². The van der Waals surface area contributed by atoms with E-state index in [4.69, 9.17) is 28.2 Å². The average molecular weight is 554 g/mol. The van der Waals surface area contributed by atoms with Crippen LogP contribution in [0.25, 0.3) is 15.3 Å². The maximum atomic E-state index is 13.8. The van der Waals surface area contributed by atoms with Crippen molar-refractivity contribution in [3.05, 3.63) is 110 Å². The summed E-state index contributed by atoms with van der Waals surface area (Å²) in [5.74, 6) is 0.573. The number of benzene rings is 3. The molecule has 0 aliphatic heterocycles. The van der Waals surface area contributed by atoms with Crippen molar-refractivity contribution in [2.45, 2.75) is 30.5 Å². The second-order valence-corrected chi connectivity index (χ2v) is 11.0. The monoisotopic (exact) mass is 552 g/mol. The summed E-state index contributed by atoms with van der Waals surface area (Å²) in [5, 5.41) is 5.32. The molecule has 1 N–H and O–H groups in total. The number of thiazole rings is 1. The second kappa shape index (κ2) is 11.0. The minimum absolute atomic E-state index is 0.141. The van der Waals surface area contributed by atoms with E-state index in [0.29, 0.717) is 39.5 Å². The molecule has 0 unspecified atom stereocenters. The molecule has 0 saturated carbocycles. The zero-order valence-corrected chi connectivity index (χ0v) is 22.5. The predicted octanol–water partition coefficient (Wildman–Crippen LogP) is 7.77. The molecule has 3 aromatic carbocycles. The van der Waals surface area contributed by atoms with Crippen LogP contribution in [0.2, 0.25) is 10.0 Å². The lowest BCUT2D eigenvalue weighted by Gasteiger charge is -2.06. The van der Waals surface area contributed by atoms with Crippen molar-refractivity contribution in [2.24, 2.45) is 4.99 Å². The van der Waals surface area contributed by atoms with Crippen molar-refractivity contribution in [1.29, 1.82) is 0 Å². The molecule has 0 aliphatic carbocycles. The molecule has 2 aromatic heterocycles. The summed E-state index contributed by atoms with van der Waals surface area (Å²) in [7, 11) is 0. The smallest absolute Gasteiger partial charge is 0.282 e. The number of rotatable bonds is 8. The number of nitrogens with zero attached hydrogens (tertiary/aromatic N) is 3. The van der Waals surface area contributed by atoms with Gasteiger partial charge in [-0.2, -0.15) is 4.68 Å². The number of hydrogen-bond acceptors (Lipinski definition) is 5. The van der Waals surface area contributed by atoms with Gasteiger partial charge in [-0.3, -0.25) is 14.9 Å². The summed E-state index contributed by atoms with van der Waals surface area (Å²) in [6.45, 7) is 2.49. The Bertz CT molecular complexity index is 1550. The highest BCUT2D eigenvalue weighted by atomic mass is 35.5. The van der Waals surface area contributed by atoms with Crippen LogP contribution >= 0.6 is 46.3 Å². The maximum Gasteiger partial charge on any atom is 0.282 e. The third-order valence-electron chi connectivity index (χ3n) is 5.63. The molecule has 0 saturated heterocycles. The summed E-state index contributed by atoms with van der Waals surface area (Å²) >= 11 is 15.2. The molecule has 5 rings (SSSR count). The normalized spacial score (nSPS) is 11.9. The fourth-order valence-corrected chi connectivity index (χ4v) is 5.83. The third-order valence-corrected chi connectivity index (χ3v) is 8.19. The Kier molecular flexibility index (Phi) is 7.62. The van der Waals surface area contributed by atoms with Crippen molar-refractivity contribution in [3.63, 3.8) is 0 Å². The van der Waals surface area contributed by atoms with Gasteiger partial charge >= 0.3 is 0 Å². The van der Waals surface area contributed by atoms with Gasteiger partial charge in [-0.05, 0) is 60.5 Å². The minimum Gasteiger partial charge on any atom is -0.291 e. The van der Waals surface area contributed by atoms with Gasteiger partial charge in [0.1, 0.15) is 0 Å². The largest absolute Gasteiger partial charge is 0.291 e. The van der Waals surface area contributed by atoms with Gasteiger partial charge in [0.2, 0.25) is 5.13 Å². The van der Waals surface area contributed by atoms with Crippen molar-refractivity contribution in [3.8, 4) is 5.13 Å². The summed E-state index contributed by atoms with van der Waals surface area (Å²) in [6, 6.07) is 23.2. The number of H-pyrrole nitrogens is 1. The van der Waals surface area contributed by atoms with E-state index in [0.717, 1.165) is 32.1 Å². The molecule has 0 bridgehead atoms. The van der Waals surface area contributed by atoms with Crippen LogP contribution in [0, 0.1) is 0 Å². The van der Waals surface area contributed by atoms with Crippen LogP contribution in [0.5, 0.6) is 0 Å². The first-order chi connectivity index (χ1) is 17.5. The molecule has 0 radical (unpaired) electrons. The van der Waals surface area contributed by atoms with Crippen LogP contribution in [0.3, 0.4) is 0 Å². The number of para-hydroxylation sites is 1. The highest BCUT2D eigenvalue weighted by Gasteiger charge is 2.21. The van der Waals surface area contributed by atoms with Gasteiger partial charge in [0, 0.05) is 26.4 Å². The van der Waals surface area contributed by atoms with Crippen LogP contribution in [0.1, 0.15) is 30.2 Å². The van der Waals surface area contributed by atoms with E-state index in [2.05, 4.69) is 10.1 Å². The highest BCUT2D eigenvalue weighted by molar-refractivity contribution is 7.98. The van der Waals surface area contributed by atoms with Crippen LogP contribution in [0.15, 0.2) is 87.5 Å². The molecule has 5 nitrogen and oxygen atoms in total. The van der Waals surface area contributed by atoms with Crippen molar-refractivity contribution in [1.82, 2.24) is 14.8 Å². The summed E-state index contributed by atoms with van der Waals surface area (Å²) in [6.07, 6.45) is 0.624. The number of hydrogen-bond donors (Lipinski definition) is 1. The Morgan fingerprint density at radius 1 is 1.03 bits per heavy atom. The number of halogens is 2. The number of thioether (sulfide) groups is 1. The van der Waals surface area contributed by atoms with Crippen LogP contribution in [-0.4, -0.2) is 20.5 Å².